The first-order valence-electron chi connectivity index (χ1n) is 13.3. The van der Waals surface area contributed by atoms with E-state index in [1.165, 1.54) is 12.4 Å². The quantitative estimate of drug-likeness (QED) is 0.275. The molecule has 2 aliphatic rings. The number of piperidine rings is 1. The minimum absolute atomic E-state index is 0.0566. The Balaban J connectivity index is 1.31. The molecule has 1 saturated heterocycles. The van der Waals surface area contributed by atoms with Gasteiger partial charge >= 0.3 is 0 Å². The molecule has 4 heterocycles. The Labute approximate surface area is 241 Å². The van der Waals surface area contributed by atoms with Gasteiger partial charge in [0.15, 0.2) is 23.0 Å². The average molecular weight is 575 g/mol. The number of carbonyl (C=O) groups is 1. The molecule has 0 atom stereocenters. The average Bonchev–Trinajstić information content (AvgIpc) is 3.45. The van der Waals surface area contributed by atoms with Gasteiger partial charge < -0.3 is 33.9 Å². The summed E-state index contributed by atoms with van der Waals surface area (Å²) >= 11 is 1.57. The molecule has 0 spiro atoms. The zero-order valence-corrected chi connectivity index (χ0v) is 23.7. The van der Waals surface area contributed by atoms with E-state index >= 15 is 0 Å². The van der Waals surface area contributed by atoms with E-state index in [1.54, 1.807) is 30.5 Å². The van der Waals surface area contributed by atoms with Crippen LogP contribution < -0.4 is 29.0 Å². The maximum absolute atomic E-state index is 12.0. The molecular formula is C30H30N4O6S. The van der Waals surface area contributed by atoms with Crippen LogP contribution >= 0.6 is 11.3 Å². The molecule has 0 unspecified atom stereocenters. The lowest BCUT2D eigenvalue weighted by Crippen LogP contribution is -2.41. The number of hydrogen-bond donors (Lipinski definition) is 1. The molecule has 1 fully saturated rings. The second kappa shape index (κ2) is 11.5. The number of ether oxygens (including phenoxy) is 5. The van der Waals surface area contributed by atoms with Crippen LogP contribution in [-0.2, 0) is 4.79 Å². The Bertz CT molecular complexity index is 1600. The highest BCUT2D eigenvalue weighted by Gasteiger charge is 2.25. The van der Waals surface area contributed by atoms with Crippen molar-refractivity contribution in [2.24, 2.45) is 0 Å². The second-order valence-corrected chi connectivity index (χ2v) is 10.5. The van der Waals surface area contributed by atoms with Crippen molar-refractivity contribution in [3.63, 3.8) is 0 Å². The number of rotatable bonds is 8. The summed E-state index contributed by atoms with van der Waals surface area (Å²) in [6.07, 6.45) is 4.22. The van der Waals surface area contributed by atoms with Crippen LogP contribution in [0.15, 0.2) is 54.7 Å². The van der Waals surface area contributed by atoms with Gasteiger partial charge in [-0.2, -0.15) is 0 Å². The first-order valence-corrected chi connectivity index (χ1v) is 14.2. The third kappa shape index (κ3) is 5.32. The van der Waals surface area contributed by atoms with E-state index in [2.05, 4.69) is 21.9 Å². The highest BCUT2D eigenvalue weighted by Crippen LogP contribution is 2.47. The molecule has 0 saturated carbocycles. The molecule has 2 aliphatic heterocycles. The lowest BCUT2D eigenvalue weighted by atomic mass is 10.1. The van der Waals surface area contributed by atoms with Gasteiger partial charge in [0.2, 0.25) is 5.91 Å². The maximum Gasteiger partial charge on any atom is 0.245 e. The molecule has 1 N–H and O–H groups in total. The van der Waals surface area contributed by atoms with Crippen LogP contribution in [0.25, 0.3) is 21.3 Å². The van der Waals surface area contributed by atoms with Crippen LogP contribution in [0.3, 0.4) is 0 Å². The fourth-order valence-corrected chi connectivity index (χ4v) is 5.98. The van der Waals surface area contributed by atoms with Gasteiger partial charge in [-0.25, -0.2) is 9.97 Å². The standard InChI is InChI=1S/C30H30N4O6S/c1-4-27(35)34-9-7-19(8-10-34)40-25-14-20-21(15-24(25)37-3)31-17-32-30(20)33-22-13-18(5-6-23(22)36-2)29-28-26(16-41-29)38-11-12-39-28/h4-6,13-17,19H,1,7-12H2,2-3H3,(H,31,32,33). The van der Waals surface area contributed by atoms with Gasteiger partial charge in [-0.15, -0.1) is 11.3 Å². The summed E-state index contributed by atoms with van der Waals surface area (Å²) in [4.78, 5) is 23.8. The van der Waals surface area contributed by atoms with Crippen molar-refractivity contribution in [1.82, 2.24) is 14.9 Å². The largest absolute Gasteiger partial charge is 0.495 e. The van der Waals surface area contributed by atoms with Crippen LogP contribution in [0.4, 0.5) is 11.5 Å². The number of benzene rings is 2. The molecule has 41 heavy (non-hydrogen) atoms. The van der Waals surface area contributed by atoms with Gasteiger partial charge in [0.05, 0.1) is 30.3 Å². The van der Waals surface area contributed by atoms with Crippen LogP contribution in [0.2, 0.25) is 0 Å². The fraction of sp³-hybridized carbons (Fsp3) is 0.300. The molecule has 11 heteroatoms. The van der Waals surface area contributed by atoms with E-state index < -0.39 is 0 Å². The normalized spacial score (nSPS) is 14.9. The van der Waals surface area contributed by atoms with Crippen LogP contribution in [0, 0.1) is 0 Å². The highest BCUT2D eigenvalue weighted by atomic mass is 32.1. The topological polar surface area (TPSA) is 104 Å². The molecule has 212 valence electrons. The number of methoxy groups -OCH3 is 2. The molecule has 10 nitrogen and oxygen atoms in total. The number of amides is 1. The first kappa shape index (κ1) is 26.7. The first-order chi connectivity index (χ1) is 20.1. The Kier molecular flexibility index (Phi) is 7.51. The predicted octanol–water partition coefficient (Wildman–Crippen LogP) is 5.45. The van der Waals surface area contributed by atoms with E-state index in [-0.39, 0.29) is 12.0 Å². The van der Waals surface area contributed by atoms with Gasteiger partial charge in [-0.05, 0) is 35.9 Å². The van der Waals surface area contributed by atoms with E-state index in [1.807, 2.05) is 35.7 Å². The van der Waals surface area contributed by atoms with Gasteiger partial charge in [-0.3, -0.25) is 4.79 Å². The van der Waals surface area contributed by atoms with Crippen LogP contribution in [0.5, 0.6) is 28.7 Å². The molecule has 0 bridgehead atoms. The number of likely N-dealkylation sites (tertiary alicyclic amines) is 1. The van der Waals surface area contributed by atoms with E-state index in [0.29, 0.717) is 67.7 Å². The fourth-order valence-electron chi connectivity index (χ4n) is 5.05. The van der Waals surface area contributed by atoms with Gasteiger partial charge in [-0.1, -0.05) is 6.58 Å². The summed E-state index contributed by atoms with van der Waals surface area (Å²) in [5, 5.41) is 6.18. The third-order valence-electron chi connectivity index (χ3n) is 7.16. The number of thiophene rings is 1. The molecule has 0 radical (unpaired) electrons. The van der Waals surface area contributed by atoms with Gasteiger partial charge in [0.25, 0.3) is 0 Å². The lowest BCUT2D eigenvalue weighted by Gasteiger charge is -2.31. The SMILES string of the molecule is C=CC(=O)N1CCC(Oc2cc3c(Nc4cc(-c5scc6c5OCCO6)ccc4OC)ncnc3cc2OC)CC1. The minimum atomic E-state index is -0.0593. The number of nitrogens with zero attached hydrogens (tertiary/aromatic N) is 3. The van der Waals surface area contributed by atoms with Gasteiger partial charge in [0, 0.05) is 42.8 Å². The maximum atomic E-state index is 12.0. The summed E-state index contributed by atoms with van der Waals surface area (Å²) in [5.41, 5.74) is 2.41. The van der Waals surface area contributed by atoms with Crippen molar-refractivity contribution in [2.75, 3.05) is 45.8 Å². The van der Waals surface area contributed by atoms with Crippen molar-refractivity contribution in [1.29, 1.82) is 0 Å². The van der Waals surface area contributed by atoms with Crippen molar-refractivity contribution in [3.8, 4) is 39.2 Å². The van der Waals surface area contributed by atoms with Crippen LogP contribution in [0.1, 0.15) is 12.8 Å². The van der Waals surface area contributed by atoms with Crippen LogP contribution in [-0.4, -0.2) is 67.4 Å². The second-order valence-electron chi connectivity index (χ2n) is 9.58. The van der Waals surface area contributed by atoms with E-state index in [0.717, 1.165) is 33.0 Å². The van der Waals surface area contributed by atoms with E-state index in [4.69, 9.17) is 23.7 Å². The number of anilines is 2. The Morgan fingerprint density at radius 3 is 2.66 bits per heavy atom. The molecular weight excluding hydrogens is 544 g/mol. The molecule has 2 aromatic heterocycles. The number of aromatic nitrogens is 2. The Morgan fingerprint density at radius 2 is 1.88 bits per heavy atom. The lowest BCUT2D eigenvalue weighted by molar-refractivity contribution is -0.127. The summed E-state index contributed by atoms with van der Waals surface area (Å²) in [6, 6.07) is 9.66. The van der Waals surface area contributed by atoms with Crippen molar-refractivity contribution in [2.45, 2.75) is 18.9 Å². The zero-order valence-electron chi connectivity index (χ0n) is 22.8. The third-order valence-corrected chi connectivity index (χ3v) is 8.15. The van der Waals surface area contributed by atoms with E-state index in [9.17, 15) is 4.79 Å². The molecule has 1 amide bonds. The van der Waals surface area contributed by atoms with Crippen molar-refractivity contribution >= 4 is 39.7 Å². The Morgan fingerprint density at radius 1 is 1.07 bits per heavy atom. The Hall–Kier alpha value is -4.51. The van der Waals surface area contributed by atoms with Crippen molar-refractivity contribution in [3.05, 3.63) is 54.7 Å². The summed E-state index contributed by atoms with van der Waals surface area (Å²) in [6.45, 7) is 5.87. The predicted molar refractivity (Wildman–Crippen MR) is 157 cm³/mol. The summed E-state index contributed by atoms with van der Waals surface area (Å²) in [7, 11) is 3.24. The molecule has 0 aliphatic carbocycles. The number of nitrogens with one attached hydrogen (secondary N) is 1. The minimum Gasteiger partial charge on any atom is -0.495 e. The van der Waals surface area contributed by atoms with Gasteiger partial charge in [0.1, 0.15) is 37.2 Å². The zero-order chi connectivity index (χ0) is 28.3. The number of fused-ring (bicyclic) bond motifs is 2. The molecule has 4 aromatic rings. The summed E-state index contributed by atoms with van der Waals surface area (Å²) < 4.78 is 29.4. The molecule has 6 rings (SSSR count). The highest BCUT2D eigenvalue weighted by molar-refractivity contribution is 7.14. The number of hydrogen-bond acceptors (Lipinski definition) is 10. The smallest absolute Gasteiger partial charge is 0.245 e. The molecule has 2 aromatic carbocycles. The van der Waals surface area contributed by atoms with Crippen molar-refractivity contribution < 1.29 is 28.5 Å². The number of carbonyl (C=O) groups excluding carboxylic acids is 1. The monoisotopic (exact) mass is 574 g/mol. The summed E-state index contributed by atoms with van der Waals surface area (Å²) in [5.74, 6) is 3.90.